The molecule has 1 aromatic heterocycles. The van der Waals surface area contributed by atoms with Crippen molar-refractivity contribution in [3.05, 3.63) is 10.6 Å². The third-order valence-corrected chi connectivity index (χ3v) is 4.81. The fourth-order valence-electron chi connectivity index (χ4n) is 2.72. The van der Waals surface area contributed by atoms with Crippen LogP contribution < -0.4 is 5.32 Å². The minimum absolute atomic E-state index is 0.00940. The summed E-state index contributed by atoms with van der Waals surface area (Å²) in [6, 6.07) is 0. The molecule has 0 aliphatic heterocycles. The zero-order valence-corrected chi connectivity index (χ0v) is 14.8. The van der Waals surface area contributed by atoms with E-state index in [4.69, 9.17) is 0 Å². The summed E-state index contributed by atoms with van der Waals surface area (Å²) >= 11 is 1.20. The maximum absolute atomic E-state index is 12.5. The topological polar surface area (TPSA) is 79.4 Å². The number of thiazole rings is 1. The molecule has 1 atom stereocenters. The van der Waals surface area contributed by atoms with Crippen LogP contribution in [-0.2, 0) is 16.0 Å². The molecule has 7 heteroatoms. The Balaban J connectivity index is 2.12. The number of amides is 2. The van der Waals surface area contributed by atoms with Gasteiger partial charge in [-0.15, -0.1) is 0 Å². The molecule has 0 saturated heterocycles. The number of fused-ring (bicyclic) bond motifs is 1. The smallest absolute Gasteiger partial charge is 0.226 e. The van der Waals surface area contributed by atoms with E-state index in [2.05, 4.69) is 24.1 Å². The number of nitrogens with zero attached hydrogens (tertiary/aromatic N) is 2. The van der Waals surface area contributed by atoms with E-state index in [9.17, 15) is 14.4 Å². The maximum Gasteiger partial charge on any atom is 0.226 e. The third kappa shape index (κ3) is 4.16. The lowest BCUT2D eigenvalue weighted by Crippen LogP contribution is -2.38. The van der Waals surface area contributed by atoms with Gasteiger partial charge in [0.05, 0.1) is 16.5 Å². The second kappa shape index (κ2) is 7.21. The van der Waals surface area contributed by atoms with Crippen molar-refractivity contribution in [1.82, 2.24) is 9.88 Å². The van der Waals surface area contributed by atoms with Crippen LogP contribution in [0.1, 0.15) is 49.0 Å². The Bertz CT molecular complexity index is 624. The highest BCUT2D eigenvalue weighted by Gasteiger charge is 2.34. The van der Waals surface area contributed by atoms with Crippen molar-refractivity contribution in [3.63, 3.8) is 0 Å². The molecular formula is C16H23N3O3S. The van der Waals surface area contributed by atoms with E-state index < -0.39 is 0 Å². The lowest BCUT2D eigenvalue weighted by Gasteiger charge is -2.26. The molecule has 0 fully saturated rings. The molecule has 1 heterocycles. The van der Waals surface area contributed by atoms with Crippen LogP contribution in [0.5, 0.6) is 0 Å². The summed E-state index contributed by atoms with van der Waals surface area (Å²) in [4.78, 5) is 42.9. The van der Waals surface area contributed by atoms with Crippen LogP contribution in [0.2, 0.25) is 0 Å². The number of nitrogens with one attached hydrogen (secondary N) is 1. The average Bonchev–Trinajstić information content (AvgIpc) is 2.88. The van der Waals surface area contributed by atoms with Crippen LogP contribution in [0.3, 0.4) is 0 Å². The van der Waals surface area contributed by atoms with Gasteiger partial charge >= 0.3 is 0 Å². The Labute approximate surface area is 140 Å². The van der Waals surface area contributed by atoms with Gasteiger partial charge in [-0.2, -0.15) is 0 Å². The van der Waals surface area contributed by atoms with Gasteiger partial charge in [0.1, 0.15) is 0 Å². The van der Waals surface area contributed by atoms with Crippen molar-refractivity contribution in [2.75, 3.05) is 18.9 Å². The Morgan fingerprint density at radius 3 is 2.70 bits per heavy atom. The van der Waals surface area contributed by atoms with Gasteiger partial charge in [0, 0.05) is 32.9 Å². The van der Waals surface area contributed by atoms with Crippen molar-refractivity contribution in [2.24, 2.45) is 11.8 Å². The standard InChI is InChI=1S/C16H23N3O3S/c1-5-13(21)18-16-17-11-6-10(7-12(20)14(11)23-16)15(22)19(4)8-9(2)3/h9-10H,5-8H2,1-4H3,(H,17,18,21). The van der Waals surface area contributed by atoms with Crippen LogP contribution in [0.15, 0.2) is 0 Å². The van der Waals surface area contributed by atoms with Crippen molar-refractivity contribution >= 4 is 34.1 Å². The van der Waals surface area contributed by atoms with Crippen molar-refractivity contribution in [1.29, 1.82) is 0 Å². The second-order valence-electron chi connectivity index (χ2n) is 6.34. The van der Waals surface area contributed by atoms with Gasteiger partial charge in [-0.25, -0.2) is 4.98 Å². The Morgan fingerprint density at radius 1 is 1.39 bits per heavy atom. The van der Waals surface area contributed by atoms with Gasteiger partial charge < -0.3 is 10.2 Å². The Hall–Kier alpha value is -1.76. The second-order valence-corrected chi connectivity index (χ2v) is 7.34. The summed E-state index contributed by atoms with van der Waals surface area (Å²) in [5.74, 6) is -0.167. The minimum atomic E-state index is -0.351. The molecule has 126 valence electrons. The number of aromatic nitrogens is 1. The lowest BCUT2D eigenvalue weighted by molar-refractivity contribution is -0.134. The average molecular weight is 337 g/mol. The Kier molecular flexibility index (Phi) is 5.51. The summed E-state index contributed by atoms with van der Waals surface area (Å²) in [7, 11) is 1.77. The van der Waals surface area contributed by atoms with Gasteiger partial charge in [0.15, 0.2) is 10.9 Å². The van der Waals surface area contributed by atoms with Crippen molar-refractivity contribution in [3.8, 4) is 0 Å². The van der Waals surface area contributed by atoms with E-state index in [0.29, 0.717) is 41.0 Å². The SMILES string of the molecule is CCC(=O)Nc1nc2c(s1)C(=O)CC(C(=O)N(C)CC(C)C)C2. The molecule has 0 bridgehead atoms. The summed E-state index contributed by atoms with van der Waals surface area (Å²) in [5.41, 5.74) is 0.633. The van der Waals surface area contributed by atoms with Gasteiger partial charge in [-0.3, -0.25) is 14.4 Å². The van der Waals surface area contributed by atoms with Gasteiger partial charge in [-0.05, 0) is 5.92 Å². The number of hydrogen-bond acceptors (Lipinski definition) is 5. The van der Waals surface area contributed by atoms with Gasteiger partial charge in [-0.1, -0.05) is 32.1 Å². The molecule has 0 radical (unpaired) electrons. The fourth-order valence-corrected chi connectivity index (χ4v) is 3.67. The highest BCUT2D eigenvalue weighted by atomic mass is 32.1. The molecule has 1 aliphatic carbocycles. The van der Waals surface area contributed by atoms with E-state index in [1.165, 1.54) is 11.3 Å². The van der Waals surface area contributed by atoms with Crippen molar-refractivity contribution < 1.29 is 14.4 Å². The van der Waals surface area contributed by atoms with E-state index in [0.717, 1.165) is 0 Å². The highest BCUT2D eigenvalue weighted by molar-refractivity contribution is 7.17. The van der Waals surface area contributed by atoms with Crippen molar-refractivity contribution in [2.45, 2.75) is 40.0 Å². The normalized spacial score (nSPS) is 17.1. The van der Waals surface area contributed by atoms with Crippen LogP contribution in [-0.4, -0.2) is 41.1 Å². The van der Waals surface area contributed by atoms with E-state index >= 15 is 0 Å². The first-order valence-electron chi connectivity index (χ1n) is 7.89. The number of hydrogen-bond donors (Lipinski definition) is 1. The summed E-state index contributed by atoms with van der Waals surface area (Å²) in [5, 5.41) is 3.13. The Morgan fingerprint density at radius 2 is 2.09 bits per heavy atom. The minimum Gasteiger partial charge on any atom is -0.345 e. The zero-order valence-electron chi connectivity index (χ0n) is 14.0. The molecule has 1 aromatic rings. The van der Waals surface area contributed by atoms with Gasteiger partial charge in [0.25, 0.3) is 0 Å². The van der Waals surface area contributed by atoms with Crippen LogP contribution in [0, 0.1) is 11.8 Å². The summed E-state index contributed by atoms with van der Waals surface area (Å²) in [6.07, 6.45) is 1.04. The lowest BCUT2D eigenvalue weighted by atomic mass is 9.89. The van der Waals surface area contributed by atoms with E-state index in [1.54, 1.807) is 18.9 Å². The molecule has 0 spiro atoms. The third-order valence-electron chi connectivity index (χ3n) is 3.75. The fraction of sp³-hybridized carbons (Fsp3) is 0.625. The predicted molar refractivity (Wildman–Crippen MR) is 89.7 cm³/mol. The number of Topliss-reactive ketones (excluding diaryl/α,β-unsaturated/α-hetero) is 1. The van der Waals surface area contributed by atoms with Crippen LogP contribution in [0.25, 0.3) is 0 Å². The molecule has 0 saturated carbocycles. The largest absolute Gasteiger partial charge is 0.345 e. The number of carbonyl (C=O) groups is 3. The molecular weight excluding hydrogens is 314 g/mol. The van der Waals surface area contributed by atoms with Crippen LogP contribution in [0.4, 0.5) is 5.13 Å². The maximum atomic E-state index is 12.5. The molecule has 2 rings (SSSR count). The first-order chi connectivity index (χ1) is 10.8. The first kappa shape index (κ1) is 17.6. The molecule has 6 nitrogen and oxygen atoms in total. The number of ketones is 1. The molecule has 1 aliphatic rings. The highest BCUT2D eigenvalue weighted by Crippen LogP contribution is 2.33. The zero-order chi connectivity index (χ0) is 17.1. The monoisotopic (exact) mass is 337 g/mol. The van der Waals surface area contributed by atoms with E-state index in [-0.39, 0.29) is 29.9 Å². The van der Waals surface area contributed by atoms with Gasteiger partial charge in [0.2, 0.25) is 11.8 Å². The molecule has 1 N–H and O–H groups in total. The molecule has 23 heavy (non-hydrogen) atoms. The molecule has 0 aromatic carbocycles. The van der Waals surface area contributed by atoms with E-state index in [1.807, 2.05) is 0 Å². The first-order valence-corrected chi connectivity index (χ1v) is 8.71. The molecule has 1 unspecified atom stereocenters. The summed E-state index contributed by atoms with van der Waals surface area (Å²) < 4.78 is 0. The number of carbonyl (C=O) groups excluding carboxylic acids is 3. The predicted octanol–water partition coefficient (Wildman–Crippen LogP) is 2.35. The molecule has 2 amide bonds. The van der Waals surface area contributed by atoms with Crippen LogP contribution >= 0.6 is 11.3 Å². The quantitative estimate of drug-likeness (QED) is 0.894. The number of anilines is 1. The summed E-state index contributed by atoms with van der Waals surface area (Å²) in [6.45, 7) is 6.53. The number of rotatable bonds is 5.